The number of carbonyl (C=O) groups excluding carboxylic acids is 2. The average Bonchev–Trinajstić information content (AvgIpc) is 2.89. The highest BCUT2D eigenvalue weighted by atomic mass is 16.2. The molecule has 0 saturated heterocycles. The van der Waals surface area contributed by atoms with Crippen molar-refractivity contribution in [1.82, 2.24) is 9.80 Å². The first-order chi connectivity index (χ1) is 17.1. The fraction of sp³-hybridized carbons (Fsp3) is 0.448. The van der Waals surface area contributed by atoms with E-state index in [1.165, 1.54) is 0 Å². The number of amides is 2. The Morgan fingerprint density at radius 1 is 0.600 bits per heavy atom. The summed E-state index contributed by atoms with van der Waals surface area (Å²) in [5.41, 5.74) is 2.14. The fourth-order valence-electron chi connectivity index (χ4n) is 3.96. The van der Waals surface area contributed by atoms with Crippen LogP contribution in [0.15, 0.2) is 60.7 Å². The number of carbonyl (C=O) groups is 2. The molecule has 0 unspecified atom stereocenters. The summed E-state index contributed by atoms with van der Waals surface area (Å²) in [7, 11) is 0. The van der Waals surface area contributed by atoms with Crippen molar-refractivity contribution in [2.75, 3.05) is 13.1 Å². The molecule has 2 amide bonds. The van der Waals surface area contributed by atoms with Gasteiger partial charge in [-0.2, -0.15) is 10.5 Å². The lowest BCUT2D eigenvalue weighted by molar-refractivity contribution is -0.132. The third-order valence-corrected chi connectivity index (χ3v) is 5.91. The third kappa shape index (κ3) is 11.4. The monoisotopic (exact) mass is 472 g/mol. The number of rotatable bonds is 16. The van der Waals surface area contributed by atoms with Gasteiger partial charge < -0.3 is 9.80 Å². The molecule has 0 aliphatic rings. The number of nitriles is 2. The lowest BCUT2D eigenvalue weighted by atomic mass is 10.1. The fourth-order valence-corrected chi connectivity index (χ4v) is 3.96. The van der Waals surface area contributed by atoms with E-state index in [1.807, 2.05) is 60.7 Å². The molecule has 2 aromatic carbocycles. The Balaban J connectivity index is 1.67. The standard InChI is InChI=1S/C29H36N4O2/c30-20-12-22-32(24-26-14-6-4-7-15-26)28(34)18-10-2-1-3-11-19-29(35)33(23-13-21-31)25-27-16-8-5-9-17-27/h4-9,14-17H,1-3,10-13,18-19,22-25H2. The van der Waals surface area contributed by atoms with Crippen LogP contribution in [0.5, 0.6) is 0 Å². The van der Waals surface area contributed by atoms with E-state index in [0.29, 0.717) is 51.9 Å². The van der Waals surface area contributed by atoms with Gasteiger partial charge in [-0.05, 0) is 24.0 Å². The molecule has 0 N–H and O–H groups in total. The molecule has 0 heterocycles. The van der Waals surface area contributed by atoms with Crippen LogP contribution in [0.2, 0.25) is 0 Å². The second kappa shape index (κ2) is 16.9. The molecule has 0 aromatic heterocycles. The summed E-state index contributed by atoms with van der Waals surface area (Å²) in [4.78, 5) is 28.9. The maximum atomic E-state index is 12.7. The zero-order chi connectivity index (χ0) is 25.1. The molecule has 6 nitrogen and oxygen atoms in total. The van der Waals surface area contributed by atoms with Crippen molar-refractivity contribution in [3.8, 4) is 12.1 Å². The number of benzene rings is 2. The largest absolute Gasteiger partial charge is 0.337 e. The molecule has 184 valence electrons. The van der Waals surface area contributed by atoms with Crippen LogP contribution in [-0.2, 0) is 22.7 Å². The molecule has 0 spiro atoms. The lowest BCUT2D eigenvalue weighted by Crippen LogP contribution is -2.31. The maximum absolute atomic E-state index is 12.7. The zero-order valence-electron chi connectivity index (χ0n) is 20.6. The van der Waals surface area contributed by atoms with Gasteiger partial charge in [0, 0.05) is 39.0 Å². The zero-order valence-corrected chi connectivity index (χ0v) is 20.6. The van der Waals surface area contributed by atoms with E-state index in [0.717, 1.165) is 43.2 Å². The first-order valence-corrected chi connectivity index (χ1v) is 12.5. The Kier molecular flexibility index (Phi) is 13.3. The van der Waals surface area contributed by atoms with Crippen molar-refractivity contribution < 1.29 is 9.59 Å². The minimum Gasteiger partial charge on any atom is -0.337 e. The van der Waals surface area contributed by atoms with Crippen LogP contribution in [0, 0.1) is 22.7 Å². The van der Waals surface area contributed by atoms with Gasteiger partial charge >= 0.3 is 0 Å². The van der Waals surface area contributed by atoms with Gasteiger partial charge in [0.25, 0.3) is 0 Å². The van der Waals surface area contributed by atoms with Crippen molar-refractivity contribution in [3.05, 3.63) is 71.8 Å². The number of hydrogen-bond donors (Lipinski definition) is 0. The normalized spacial score (nSPS) is 10.2. The van der Waals surface area contributed by atoms with Gasteiger partial charge in [0.15, 0.2) is 0 Å². The summed E-state index contributed by atoms with van der Waals surface area (Å²) in [6, 6.07) is 24.0. The summed E-state index contributed by atoms with van der Waals surface area (Å²) >= 11 is 0. The SMILES string of the molecule is N#CCCN(Cc1ccccc1)C(=O)CCCCCCCC(=O)N(CCC#N)Cc1ccccc1. The van der Waals surface area contributed by atoms with E-state index in [4.69, 9.17) is 10.5 Å². The summed E-state index contributed by atoms with van der Waals surface area (Å²) in [5, 5.41) is 17.8. The molecule has 0 aliphatic carbocycles. The highest BCUT2D eigenvalue weighted by Gasteiger charge is 2.15. The van der Waals surface area contributed by atoms with Crippen molar-refractivity contribution in [1.29, 1.82) is 10.5 Å². The first-order valence-electron chi connectivity index (χ1n) is 12.5. The topological polar surface area (TPSA) is 88.2 Å². The molecule has 2 aromatic rings. The molecule has 0 fully saturated rings. The molecular weight excluding hydrogens is 436 g/mol. The molecule has 0 aliphatic heterocycles. The Bertz CT molecular complexity index is 884. The lowest BCUT2D eigenvalue weighted by Gasteiger charge is -2.22. The molecule has 6 heteroatoms. The van der Waals surface area contributed by atoms with Gasteiger partial charge in [-0.15, -0.1) is 0 Å². The molecule has 0 bridgehead atoms. The molecule has 2 rings (SSSR count). The van der Waals surface area contributed by atoms with Gasteiger partial charge in [-0.1, -0.05) is 79.9 Å². The van der Waals surface area contributed by atoms with Crippen LogP contribution in [0.3, 0.4) is 0 Å². The van der Waals surface area contributed by atoms with Crippen LogP contribution < -0.4 is 0 Å². The predicted octanol–water partition coefficient (Wildman–Crippen LogP) is 5.60. The minimum absolute atomic E-state index is 0.0910. The Labute approximate surface area is 209 Å². The summed E-state index contributed by atoms with van der Waals surface area (Å²) in [6.45, 7) is 1.98. The van der Waals surface area contributed by atoms with Crippen molar-refractivity contribution in [2.45, 2.75) is 70.9 Å². The van der Waals surface area contributed by atoms with Crippen molar-refractivity contribution in [3.63, 3.8) is 0 Å². The maximum Gasteiger partial charge on any atom is 0.222 e. The molecule has 35 heavy (non-hydrogen) atoms. The number of hydrogen-bond acceptors (Lipinski definition) is 4. The van der Waals surface area contributed by atoms with Crippen LogP contribution in [-0.4, -0.2) is 34.7 Å². The van der Waals surface area contributed by atoms with Crippen molar-refractivity contribution in [2.24, 2.45) is 0 Å². The Morgan fingerprint density at radius 3 is 1.34 bits per heavy atom. The van der Waals surface area contributed by atoms with E-state index in [2.05, 4.69) is 12.1 Å². The molecular formula is C29H36N4O2. The molecule has 0 atom stereocenters. The summed E-state index contributed by atoms with van der Waals surface area (Å²) < 4.78 is 0. The van der Waals surface area contributed by atoms with Crippen LogP contribution in [0.1, 0.15) is 68.9 Å². The third-order valence-electron chi connectivity index (χ3n) is 5.91. The van der Waals surface area contributed by atoms with Crippen LogP contribution in [0.4, 0.5) is 0 Å². The first kappa shape index (κ1) is 27.6. The highest BCUT2D eigenvalue weighted by Crippen LogP contribution is 2.13. The van der Waals surface area contributed by atoms with Gasteiger partial charge in [0.1, 0.15) is 0 Å². The minimum atomic E-state index is 0.0910. The number of unbranched alkanes of at least 4 members (excludes halogenated alkanes) is 4. The van der Waals surface area contributed by atoms with Gasteiger partial charge in [0.2, 0.25) is 11.8 Å². The van der Waals surface area contributed by atoms with E-state index < -0.39 is 0 Å². The van der Waals surface area contributed by atoms with E-state index in [-0.39, 0.29) is 11.8 Å². The average molecular weight is 473 g/mol. The smallest absolute Gasteiger partial charge is 0.222 e. The van der Waals surface area contributed by atoms with E-state index >= 15 is 0 Å². The Morgan fingerprint density at radius 2 is 0.971 bits per heavy atom. The second-order valence-electron chi connectivity index (χ2n) is 8.69. The molecule has 0 saturated carbocycles. The Hall–Kier alpha value is -3.64. The quantitative estimate of drug-likeness (QED) is 0.297. The summed E-state index contributed by atoms with van der Waals surface area (Å²) in [5.74, 6) is 0.182. The second-order valence-corrected chi connectivity index (χ2v) is 8.69. The van der Waals surface area contributed by atoms with Crippen molar-refractivity contribution >= 4 is 11.8 Å². The van der Waals surface area contributed by atoms with Crippen LogP contribution >= 0.6 is 0 Å². The summed E-state index contributed by atoms with van der Waals surface area (Å²) in [6.07, 6.45) is 6.13. The predicted molar refractivity (Wildman–Crippen MR) is 136 cm³/mol. The highest BCUT2D eigenvalue weighted by molar-refractivity contribution is 5.76. The number of nitrogens with zero attached hydrogens (tertiary/aromatic N) is 4. The van der Waals surface area contributed by atoms with Gasteiger partial charge in [-0.25, -0.2) is 0 Å². The van der Waals surface area contributed by atoms with Crippen LogP contribution in [0.25, 0.3) is 0 Å². The van der Waals surface area contributed by atoms with E-state index in [9.17, 15) is 9.59 Å². The van der Waals surface area contributed by atoms with Gasteiger partial charge in [0.05, 0.1) is 25.0 Å². The van der Waals surface area contributed by atoms with Gasteiger partial charge in [-0.3, -0.25) is 9.59 Å². The molecule has 0 radical (unpaired) electrons. The van der Waals surface area contributed by atoms with E-state index in [1.54, 1.807) is 9.80 Å².